The maximum absolute atomic E-state index is 14.1. The van der Waals surface area contributed by atoms with Crippen LogP contribution in [0.25, 0.3) is 16.6 Å². The van der Waals surface area contributed by atoms with E-state index in [4.69, 9.17) is 0 Å². The molecule has 0 atom stereocenters. The van der Waals surface area contributed by atoms with Crippen LogP contribution in [-0.2, 0) is 11.2 Å². The van der Waals surface area contributed by atoms with Gasteiger partial charge in [0.15, 0.2) is 0 Å². The lowest BCUT2D eigenvalue weighted by Crippen LogP contribution is -2.16. The fraction of sp³-hybridized carbons (Fsp3) is 0.143. The Morgan fingerprint density at radius 3 is 2.81 bits per heavy atom. The Hall–Kier alpha value is -3.41. The van der Waals surface area contributed by atoms with Gasteiger partial charge in [-0.05, 0) is 37.1 Å². The number of anilines is 1. The minimum Gasteiger partial charge on any atom is -0.361 e. The zero-order chi connectivity index (χ0) is 18.8. The van der Waals surface area contributed by atoms with Gasteiger partial charge in [-0.15, -0.1) is 0 Å². The van der Waals surface area contributed by atoms with E-state index in [9.17, 15) is 9.18 Å². The first-order valence-electron chi connectivity index (χ1n) is 8.78. The SMILES string of the molecule is Cc1cc(NC(=O)CCc2c[nH]c3ccccc23)n(-c2ccccc2F)n1. The van der Waals surface area contributed by atoms with E-state index >= 15 is 0 Å². The van der Waals surface area contributed by atoms with Crippen molar-refractivity contribution >= 4 is 22.6 Å². The molecule has 5 nitrogen and oxygen atoms in total. The highest BCUT2D eigenvalue weighted by Crippen LogP contribution is 2.21. The number of fused-ring (bicyclic) bond motifs is 1. The first-order valence-corrected chi connectivity index (χ1v) is 8.78. The van der Waals surface area contributed by atoms with Crippen molar-refractivity contribution in [1.82, 2.24) is 14.8 Å². The molecule has 6 heteroatoms. The molecule has 27 heavy (non-hydrogen) atoms. The average Bonchev–Trinajstić information content (AvgIpc) is 3.24. The first-order chi connectivity index (χ1) is 13.1. The van der Waals surface area contributed by atoms with Gasteiger partial charge >= 0.3 is 0 Å². The lowest BCUT2D eigenvalue weighted by molar-refractivity contribution is -0.116. The van der Waals surface area contributed by atoms with Gasteiger partial charge in [0.05, 0.1) is 5.69 Å². The molecule has 0 spiro atoms. The smallest absolute Gasteiger partial charge is 0.225 e. The summed E-state index contributed by atoms with van der Waals surface area (Å²) in [6.45, 7) is 1.80. The van der Waals surface area contributed by atoms with Crippen molar-refractivity contribution in [3.8, 4) is 5.69 Å². The molecule has 0 aliphatic carbocycles. The zero-order valence-electron chi connectivity index (χ0n) is 14.9. The standard InChI is InChI=1S/C21H19FN4O/c1-14-12-20(26(25-14)19-9-5-3-7-17(19)22)24-21(27)11-10-15-13-23-18-8-4-2-6-16(15)18/h2-9,12-13,23H,10-11H2,1H3,(H,24,27). The van der Waals surface area contributed by atoms with Gasteiger partial charge in [0.1, 0.15) is 17.3 Å². The van der Waals surface area contributed by atoms with Crippen LogP contribution in [-0.4, -0.2) is 20.7 Å². The van der Waals surface area contributed by atoms with Crippen molar-refractivity contribution in [3.63, 3.8) is 0 Å². The van der Waals surface area contributed by atoms with Gasteiger partial charge in [-0.3, -0.25) is 4.79 Å². The van der Waals surface area contributed by atoms with Gasteiger partial charge in [-0.1, -0.05) is 30.3 Å². The number of H-pyrrole nitrogens is 1. The predicted molar refractivity (Wildman–Crippen MR) is 104 cm³/mol. The van der Waals surface area contributed by atoms with E-state index in [1.165, 1.54) is 10.7 Å². The van der Waals surface area contributed by atoms with E-state index in [2.05, 4.69) is 15.4 Å². The third-order valence-electron chi connectivity index (χ3n) is 4.48. The topological polar surface area (TPSA) is 62.7 Å². The molecule has 4 aromatic rings. The van der Waals surface area contributed by atoms with Crippen molar-refractivity contribution in [2.24, 2.45) is 0 Å². The number of carbonyl (C=O) groups is 1. The van der Waals surface area contributed by atoms with Crippen LogP contribution in [0.2, 0.25) is 0 Å². The maximum atomic E-state index is 14.1. The van der Waals surface area contributed by atoms with Crippen LogP contribution < -0.4 is 5.32 Å². The molecule has 2 aromatic carbocycles. The summed E-state index contributed by atoms with van der Waals surface area (Å²) >= 11 is 0. The summed E-state index contributed by atoms with van der Waals surface area (Å²) in [6, 6.07) is 16.1. The molecule has 2 heterocycles. The minimum atomic E-state index is -0.394. The Balaban J connectivity index is 1.50. The number of amides is 1. The van der Waals surface area contributed by atoms with Crippen molar-refractivity contribution < 1.29 is 9.18 Å². The number of hydrogen-bond donors (Lipinski definition) is 2. The Labute approximate surface area is 155 Å². The maximum Gasteiger partial charge on any atom is 0.225 e. The number of para-hydroxylation sites is 2. The molecule has 0 fully saturated rings. The quantitative estimate of drug-likeness (QED) is 0.554. The fourth-order valence-corrected chi connectivity index (χ4v) is 3.19. The summed E-state index contributed by atoms with van der Waals surface area (Å²) in [4.78, 5) is 15.7. The molecule has 0 radical (unpaired) electrons. The molecular formula is C21H19FN4O. The van der Waals surface area contributed by atoms with Gasteiger partial charge in [0.2, 0.25) is 5.91 Å². The summed E-state index contributed by atoms with van der Waals surface area (Å²) in [5.74, 6) is -0.0748. The van der Waals surface area contributed by atoms with Crippen LogP contribution in [0.4, 0.5) is 10.2 Å². The van der Waals surface area contributed by atoms with Gasteiger partial charge in [-0.2, -0.15) is 5.10 Å². The second-order valence-electron chi connectivity index (χ2n) is 6.44. The average molecular weight is 362 g/mol. The molecule has 136 valence electrons. The zero-order valence-corrected chi connectivity index (χ0v) is 14.9. The molecule has 0 aliphatic heterocycles. The summed E-state index contributed by atoms with van der Waals surface area (Å²) in [5, 5.41) is 8.28. The van der Waals surface area contributed by atoms with Crippen LogP contribution in [0.1, 0.15) is 17.7 Å². The molecular weight excluding hydrogens is 343 g/mol. The van der Waals surface area contributed by atoms with Crippen molar-refractivity contribution in [3.05, 3.63) is 77.9 Å². The third kappa shape index (κ3) is 3.46. The largest absolute Gasteiger partial charge is 0.361 e. The number of aromatic nitrogens is 3. The van der Waals surface area contributed by atoms with E-state index < -0.39 is 5.82 Å². The highest BCUT2D eigenvalue weighted by Gasteiger charge is 2.14. The first kappa shape index (κ1) is 17.0. The third-order valence-corrected chi connectivity index (χ3v) is 4.48. The van der Waals surface area contributed by atoms with E-state index in [0.29, 0.717) is 30.0 Å². The van der Waals surface area contributed by atoms with Crippen molar-refractivity contribution in [1.29, 1.82) is 0 Å². The fourth-order valence-electron chi connectivity index (χ4n) is 3.19. The molecule has 0 saturated heterocycles. The minimum absolute atomic E-state index is 0.141. The van der Waals surface area contributed by atoms with Gasteiger partial charge in [0.25, 0.3) is 0 Å². The summed E-state index contributed by atoms with van der Waals surface area (Å²) in [5.41, 5.74) is 3.16. The Kier molecular flexibility index (Phi) is 4.46. The highest BCUT2D eigenvalue weighted by atomic mass is 19.1. The number of rotatable bonds is 5. The summed E-state index contributed by atoms with van der Waals surface area (Å²) in [7, 11) is 0. The number of halogens is 1. The predicted octanol–water partition coefficient (Wildman–Crippen LogP) is 4.37. The number of benzene rings is 2. The van der Waals surface area contributed by atoms with E-state index in [1.807, 2.05) is 30.5 Å². The molecule has 2 aromatic heterocycles. The van der Waals surface area contributed by atoms with E-state index in [0.717, 1.165) is 16.5 Å². The van der Waals surface area contributed by atoms with Gasteiger partial charge < -0.3 is 10.3 Å². The number of nitrogens with zero attached hydrogens (tertiary/aromatic N) is 2. The Morgan fingerprint density at radius 1 is 1.19 bits per heavy atom. The molecule has 0 bridgehead atoms. The monoisotopic (exact) mass is 362 g/mol. The highest BCUT2D eigenvalue weighted by molar-refractivity contribution is 5.91. The van der Waals surface area contributed by atoms with Crippen LogP contribution in [0, 0.1) is 12.7 Å². The molecule has 4 rings (SSSR count). The Bertz CT molecular complexity index is 1110. The van der Waals surface area contributed by atoms with Crippen molar-refractivity contribution in [2.75, 3.05) is 5.32 Å². The lowest BCUT2D eigenvalue weighted by atomic mass is 10.1. The second-order valence-corrected chi connectivity index (χ2v) is 6.44. The lowest BCUT2D eigenvalue weighted by Gasteiger charge is -2.09. The van der Waals surface area contributed by atoms with Gasteiger partial charge in [0, 0.05) is 29.6 Å². The molecule has 0 aliphatic rings. The van der Waals surface area contributed by atoms with Crippen LogP contribution in [0.15, 0.2) is 60.8 Å². The summed E-state index contributed by atoms with van der Waals surface area (Å²) in [6.07, 6.45) is 2.87. The number of carbonyl (C=O) groups excluding carboxylic acids is 1. The normalized spacial score (nSPS) is 11.0. The van der Waals surface area contributed by atoms with Crippen molar-refractivity contribution in [2.45, 2.75) is 19.8 Å². The number of hydrogen-bond acceptors (Lipinski definition) is 2. The number of nitrogens with one attached hydrogen (secondary N) is 2. The molecule has 0 unspecified atom stereocenters. The van der Waals surface area contributed by atoms with Crippen LogP contribution >= 0.6 is 0 Å². The van der Waals surface area contributed by atoms with E-state index in [-0.39, 0.29) is 5.91 Å². The molecule has 1 amide bonds. The van der Waals surface area contributed by atoms with E-state index in [1.54, 1.807) is 31.2 Å². The van der Waals surface area contributed by atoms with Crippen LogP contribution in [0.5, 0.6) is 0 Å². The molecule has 0 saturated carbocycles. The number of aromatic amines is 1. The summed E-state index contributed by atoms with van der Waals surface area (Å²) < 4.78 is 15.5. The molecule has 2 N–H and O–H groups in total. The van der Waals surface area contributed by atoms with Gasteiger partial charge in [-0.25, -0.2) is 9.07 Å². The van der Waals surface area contributed by atoms with Crippen LogP contribution in [0.3, 0.4) is 0 Å². The number of aryl methyl sites for hydroxylation is 2. The second kappa shape index (κ2) is 7.07. The Morgan fingerprint density at radius 2 is 1.96 bits per heavy atom.